The first-order valence-corrected chi connectivity index (χ1v) is 9.40. The number of pyridine rings is 1. The molecule has 0 saturated heterocycles. The van der Waals surface area contributed by atoms with Crippen LogP contribution < -0.4 is 9.47 Å². The fraction of sp³-hybridized carbons (Fsp3) is 0.130. The number of benzene rings is 2. The molecule has 1 atom stereocenters. The van der Waals surface area contributed by atoms with Gasteiger partial charge in [0.25, 0.3) is 6.01 Å². The van der Waals surface area contributed by atoms with Gasteiger partial charge in [-0.25, -0.2) is 0 Å². The summed E-state index contributed by atoms with van der Waals surface area (Å²) in [5, 5.41) is 18.3. The van der Waals surface area contributed by atoms with Crippen LogP contribution in [0, 0.1) is 22.7 Å². The van der Waals surface area contributed by atoms with E-state index in [9.17, 15) is 5.26 Å². The standard InChI is InChI=1S/C23H15N5O2/c24-10-15-5-8-22-21(9-15)27-23-28(22)13-18(30-23)14-29-17-6-7-20(26-12-17)19-4-2-1-3-16(19)11-25/h1-9,12,18H,13-14H2/t18-/m0/s1. The van der Waals surface area contributed by atoms with Crippen LogP contribution in [0.5, 0.6) is 11.8 Å². The Morgan fingerprint density at radius 2 is 2.00 bits per heavy atom. The molecule has 0 fully saturated rings. The number of aromatic nitrogens is 3. The van der Waals surface area contributed by atoms with Crippen LogP contribution in [0.2, 0.25) is 0 Å². The van der Waals surface area contributed by atoms with E-state index in [0.29, 0.717) is 36.0 Å². The minimum absolute atomic E-state index is 0.161. The summed E-state index contributed by atoms with van der Waals surface area (Å²) in [6.45, 7) is 0.982. The van der Waals surface area contributed by atoms with Gasteiger partial charge in [0.2, 0.25) is 0 Å². The van der Waals surface area contributed by atoms with Crippen molar-refractivity contribution in [2.24, 2.45) is 0 Å². The van der Waals surface area contributed by atoms with E-state index in [1.54, 1.807) is 24.4 Å². The number of ether oxygens (including phenoxy) is 2. The summed E-state index contributed by atoms with van der Waals surface area (Å²) in [4.78, 5) is 8.89. The lowest BCUT2D eigenvalue weighted by Gasteiger charge is -2.12. The first-order chi connectivity index (χ1) is 14.7. The molecule has 0 N–H and O–H groups in total. The van der Waals surface area contributed by atoms with Crippen LogP contribution in [0.1, 0.15) is 11.1 Å². The van der Waals surface area contributed by atoms with Gasteiger partial charge >= 0.3 is 0 Å². The van der Waals surface area contributed by atoms with Crippen LogP contribution in [-0.2, 0) is 6.54 Å². The number of imidazole rings is 1. The molecule has 2 aromatic carbocycles. The zero-order chi connectivity index (χ0) is 20.5. The predicted molar refractivity (Wildman–Crippen MR) is 109 cm³/mol. The van der Waals surface area contributed by atoms with Crippen molar-refractivity contribution in [3.05, 3.63) is 71.9 Å². The topological polar surface area (TPSA) is 96.8 Å². The van der Waals surface area contributed by atoms with Gasteiger partial charge in [-0.2, -0.15) is 15.5 Å². The van der Waals surface area contributed by atoms with Crippen molar-refractivity contribution in [3.8, 4) is 35.2 Å². The molecule has 0 spiro atoms. The maximum Gasteiger partial charge on any atom is 0.297 e. The SMILES string of the molecule is N#Cc1ccc2c(c1)nc1n2C[C@@H](COc2ccc(-c3ccccc3C#N)nc2)O1. The Morgan fingerprint density at radius 1 is 1.10 bits per heavy atom. The second-order valence-corrected chi connectivity index (χ2v) is 6.91. The number of nitrogens with zero attached hydrogens (tertiary/aromatic N) is 5. The molecule has 4 aromatic rings. The molecule has 2 aromatic heterocycles. The smallest absolute Gasteiger partial charge is 0.297 e. The van der Waals surface area contributed by atoms with Crippen LogP contribution in [-0.4, -0.2) is 27.2 Å². The Kier molecular flexibility index (Phi) is 4.27. The summed E-state index contributed by atoms with van der Waals surface area (Å²) >= 11 is 0. The summed E-state index contributed by atoms with van der Waals surface area (Å²) in [6.07, 6.45) is 1.49. The number of nitriles is 2. The molecule has 144 valence electrons. The summed E-state index contributed by atoms with van der Waals surface area (Å²) in [7, 11) is 0. The van der Waals surface area contributed by atoms with Gasteiger partial charge in [0.05, 0.1) is 52.7 Å². The van der Waals surface area contributed by atoms with Gasteiger partial charge in [-0.05, 0) is 36.4 Å². The van der Waals surface area contributed by atoms with E-state index in [1.807, 2.05) is 41.0 Å². The molecule has 1 aliphatic heterocycles. The lowest BCUT2D eigenvalue weighted by molar-refractivity contribution is 0.143. The van der Waals surface area contributed by atoms with E-state index in [2.05, 4.69) is 22.1 Å². The summed E-state index contributed by atoms with van der Waals surface area (Å²) in [5.41, 5.74) is 4.37. The minimum atomic E-state index is -0.161. The molecule has 0 aliphatic carbocycles. The molecule has 0 amide bonds. The van der Waals surface area contributed by atoms with Crippen molar-refractivity contribution in [1.29, 1.82) is 10.5 Å². The number of fused-ring (bicyclic) bond motifs is 3. The van der Waals surface area contributed by atoms with Crippen molar-refractivity contribution < 1.29 is 9.47 Å². The van der Waals surface area contributed by atoms with Crippen molar-refractivity contribution in [2.45, 2.75) is 12.6 Å². The average Bonchev–Trinajstić information content (AvgIpc) is 3.34. The largest absolute Gasteiger partial charge is 0.488 e. The molecule has 0 radical (unpaired) electrons. The Bertz CT molecular complexity index is 1330. The van der Waals surface area contributed by atoms with E-state index in [1.165, 1.54) is 0 Å². The predicted octanol–water partition coefficient (Wildman–Crippen LogP) is 3.68. The molecule has 30 heavy (non-hydrogen) atoms. The van der Waals surface area contributed by atoms with Crippen molar-refractivity contribution in [2.75, 3.05) is 6.61 Å². The normalized spacial score (nSPS) is 14.5. The maximum absolute atomic E-state index is 9.25. The zero-order valence-corrected chi connectivity index (χ0v) is 15.8. The lowest BCUT2D eigenvalue weighted by atomic mass is 10.1. The summed E-state index contributed by atoms with van der Waals surface area (Å²) in [5.74, 6) is 0.629. The summed E-state index contributed by atoms with van der Waals surface area (Å²) in [6, 6.07) is 21.3. The van der Waals surface area contributed by atoms with Crippen LogP contribution in [0.3, 0.4) is 0 Å². The highest BCUT2D eigenvalue weighted by Gasteiger charge is 2.27. The minimum Gasteiger partial charge on any atom is -0.488 e. The monoisotopic (exact) mass is 393 g/mol. The highest BCUT2D eigenvalue weighted by molar-refractivity contribution is 5.78. The molecule has 0 saturated carbocycles. The third kappa shape index (κ3) is 3.09. The van der Waals surface area contributed by atoms with E-state index >= 15 is 0 Å². The molecule has 7 heteroatoms. The average molecular weight is 393 g/mol. The molecular weight excluding hydrogens is 378 g/mol. The van der Waals surface area contributed by atoms with Gasteiger partial charge in [0.1, 0.15) is 12.4 Å². The van der Waals surface area contributed by atoms with Crippen molar-refractivity contribution in [3.63, 3.8) is 0 Å². The molecule has 1 aliphatic rings. The number of hydrogen-bond acceptors (Lipinski definition) is 6. The highest BCUT2D eigenvalue weighted by atomic mass is 16.6. The number of rotatable bonds is 4. The second-order valence-electron chi connectivity index (χ2n) is 6.91. The van der Waals surface area contributed by atoms with Crippen molar-refractivity contribution >= 4 is 11.0 Å². The third-order valence-corrected chi connectivity index (χ3v) is 5.00. The maximum atomic E-state index is 9.25. The van der Waals surface area contributed by atoms with Gasteiger partial charge in [0, 0.05) is 5.56 Å². The molecule has 0 bridgehead atoms. The third-order valence-electron chi connectivity index (χ3n) is 5.00. The van der Waals surface area contributed by atoms with E-state index < -0.39 is 0 Å². The molecular formula is C23H15N5O2. The Balaban J connectivity index is 1.25. The summed E-state index contributed by atoms with van der Waals surface area (Å²) < 4.78 is 13.7. The fourth-order valence-electron chi connectivity index (χ4n) is 3.54. The first-order valence-electron chi connectivity index (χ1n) is 9.40. The quantitative estimate of drug-likeness (QED) is 0.525. The molecule has 3 heterocycles. The van der Waals surface area contributed by atoms with Crippen LogP contribution in [0.4, 0.5) is 0 Å². The van der Waals surface area contributed by atoms with E-state index in [4.69, 9.17) is 14.7 Å². The highest BCUT2D eigenvalue weighted by Crippen LogP contribution is 2.29. The Morgan fingerprint density at radius 3 is 2.80 bits per heavy atom. The second kappa shape index (κ2) is 7.23. The lowest BCUT2D eigenvalue weighted by Crippen LogP contribution is -2.23. The van der Waals surface area contributed by atoms with Gasteiger partial charge in [0.15, 0.2) is 6.10 Å². The Hall–Kier alpha value is -4.36. The van der Waals surface area contributed by atoms with Crippen LogP contribution >= 0.6 is 0 Å². The van der Waals surface area contributed by atoms with E-state index in [0.717, 1.165) is 22.3 Å². The van der Waals surface area contributed by atoms with Crippen LogP contribution in [0.15, 0.2) is 60.8 Å². The first kappa shape index (κ1) is 17.7. The molecule has 0 unspecified atom stereocenters. The number of hydrogen-bond donors (Lipinski definition) is 0. The van der Waals surface area contributed by atoms with Gasteiger partial charge < -0.3 is 9.47 Å². The van der Waals surface area contributed by atoms with Crippen LogP contribution in [0.25, 0.3) is 22.3 Å². The Labute approximate surface area is 172 Å². The fourth-order valence-corrected chi connectivity index (χ4v) is 3.54. The molecule has 7 nitrogen and oxygen atoms in total. The zero-order valence-electron chi connectivity index (χ0n) is 15.8. The molecule has 5 rings (SSSR count). The van der Waals surface area contributed by atoms with Gasteiger partial charge in [-0.1, -0.05) is 18.2 Å². The van der Waals surface area contributed by atoms with Crippen molar-refractivity contribution in [1.82, 2.24) is 14.5 Å². The van der Waals surface area contributed by atoms with Gasteiger partial charge in [-0.15, -0.1) is 0 Å². The van der Waals surface area contributed by atoms with E-state index in [-0.39, 0.29) is 6.10 Å². The van der Waals surface area contributed by atoms with Gasteiger partial charge in [-0.3, -0.25) is 9.55 Å².